The van der Waals surface area contributed by atoms with Crippen LogP contribution < -0.4 is 0 Å². The fourth-order valence-corrected chi connectivity index (χ4v) is 4.13. The van der Waals surface area contributed by atoms with Gasteiger partial charge in [-0.1, -0.05) is 19.1 Å². The zero-order chi connectivity index (χ0) is 13.3. The van der Waals surface area contributed by atoms with E-state index in [2.05, 4.69) is 0 Å². The molecule has 18 heavy (non-hydrogen) atoms. The number of rotatable bonds is 4. The molecule has 0 saturated carbocycles. The minimum atomic E-state index is -3.09. The van der Waals surface area contributed by atoms with Gasteiger partial charge < -0.3 is 5.11 Å². The molecule has 0 spiro atoms. The lowest BCUT2D eigenvalue weighted by molar-refractivity contribution is 0.0699. The average molecular weight is 284 g/mol. The number of thiophene rings is 1. The molecule has 4 nitrogen and oxygen atoms in total. The van der Waals surface area contributed by atoms with Gasteiger partial charge in [0.25, 0.3) is 0 Å². The van der Waals surface area contributed by atoms with Crippen molar-refractivity contribution in [2.24, 2.45) is 0 Å². The van der Waals surface area contributed by atoms with Crippen molar-refractivity contribution in [3.05, 3.63) is 34.7 Å². The van der Waals surface area contributed by atoms with Crippen LogP contribution in [-0.2, 0) is 15.6 Å². The predicted octanol–water partition coefficient (Wildman–Crippen LogP) is 2.53. The van der Waals surface area contributed by atoms with Crippen LogP contribution >= 0.6 is 11.3 Å². The van der Waals surface area contributed by atoms with Gasteiger partial charge in [-0.2, -0.15) is 0 Å². The van der Waals surface area contributed by atoms with E-state index in [0.29, 0.717) is 9.58 Å². The van der Waals surface area contributed by atoms with E-state index in [1.54, 1.807) is 25.1 Å². The normalized spacial score (nSPS) is 11.8. The van der Waals surface area contributed by atoms with E-state index in [1.165, 1.54) is 17.4 Å². The van der Waals surface area contributed by atoms with Crippen LogP contribution in [0.15, 0.2) is 24.3 Å². The van der Waals surface area contributed by atoms with Gasteiger partial charge in [-0.05, 0) is 17.5 Å². The minimum absolute atomic E-state index is 0.0259. The summed E-state index contributed by atoms with van der Waals surface area (Å²) in [6.07, 6.45) is 0. The zero-order valence-electron chi connectivity index (χ0n) is 9.71. The molecule has 0 aliphatic rings. The van der Waals surface area contributed by atoms with Crippen molar-refractivity contribution in [3.63, 3.8) is 0 Å². The third kappa shape index (κ3) is 2.54. The fourth-order valence-electron chi connectivity index (χ4n) is 1.67. The van der Waals surface area contributed by atoms with Gasteiger partial charge in [-0.25, -0.2) is 13.2 Å². The molecular formula is C12H12O4S2. The van der Waals surface area contributed by atoms with E-state index in [9.17, 15) is 13.2 Å². The minimum Gasteiger partial charge on any atom is -0.478 e. The van der Waals surface area contributed by atoms with Crippen molar-refractivity contribution in [2.45, 2.75) is 12.7 Å². The van der Waals surface area contributed by atoms with E-state index < -0.39 is 15.8 Å². The van der Waals surface area contributed by atoms with Crippen LogP contribution in [0.4, 0.5) is 0 Å². The molecule has 96 valence electrons. The second kappa shape index (κ2) is 4.70. The van der Waals surface area contributed by atoms with Gasteiger partial charge in [0.05, 0.1) is 11.3 Å². The Morgan fingerprint density at radius 3 is 2.72 bits per heavy atom. The molecule has 6 heteroatoms. The number of benzene rings is 1. The summed E-state index contributed by atoms with van der Waals surface area (Å²) in [5, 5.41) is 9.84. The maximum Gasteiger partial charge on any atom is 0.337 e. The summed E-state index contributed by atoms with van der Waals surface area (Å²) in [5.41, 5.74) is 0.220. The van der Waals surface area contributed by atoms with Crippen molar-refractivity contribution in [3.8, 4) is 0 Å². The molecule has 0 aliphatic carbocycles. The molecule has 1 N–H and O–H groups in total. The molecule has 1 aromatic heterocycles. The van der Waals surface area contributed by atoms with E-state index in [0.717, 1.165) is 5.39 Å². The summed E-state index contributed by atoms with van der Waals surface area (Å²) in [7, 11) is -3.09. The highest BCUT2D eigenvalue weighted by Gasteiger charge is 2.15. The van der Waals surface area contributed by atoms with E-state index >= 15 is 0 Å². The van der Waals surface area contributed by atoms with E-state index in [4.69, 9.17) is 5.11 Å². The molecule has 0 fully saturated rings. The van der Waals surface area contributed by atoms with Gasteiger partial charge >= 0.3 is 5.97 Å². The molecule has 2 aromatic rings. The molecular weight excluding hydrogens is 272 g/mol. The Morgan fingerprint density at radius 1 is 1.39 bits per heavy atom. The Hall–Kier alpha value is -1.40. The van der Waals surface area contributed by atoms with Crippen LogP contribution in [0, 0.1) is 0 Å². The number of carbonyl (C=O) groups is 1. The van der Waals surface area contributed by atoms with Crippen molar-refractivity contribution in [2.75, 3.05) is 5.75 Å². The van der Waals surface area contributed by atoms with Crippen LogP contribution in [0.2, 0.25) is 0 Å². The van der Waals surface area contributed by atoms with Crippen LogP contribution in [0.1, 0.15) is 22.2 Å². The molecule has 1 heterocycles. The largest absolute Gasteiger partial charge is 0.478 e. The molecule has 0 atom stereocenters. The van der Waals surface area contributed by atoms with Gasteiger partial charge in [-0.15, -0.1) is 11.3 Å². The molecule has 0 bridgehead atoms. The van der Waals surface area contributed by atoms with Gasteiger partial charge in [-0.3, -0.25) is 0 Å². The molecule has 0 amide bonds. The zero-order valence-corrected chi connectivity index (χ0v) is 11.3. The second-order valence-electron chi connectivity index (χ2n) is 3.92. The lowest BCUT2D eigenvalue weighted by Gasteiger charge is -1.96. The highest BCUT2D eigenvalue weighted by Crippen LogP contribution is 2.30. The summed E-state index contributed by atoms with van der Waals surface area (Å²) < 4.78 is 23.7. The predicted molar refractivity (Wildman–Crippen MR) is 71.9 cm³/mol. The first-order valence-corrected chi connectivity index (χ1v) is 8.02. The first kappa shape index (κ1) is 13.0. The number of aromatic carboxylic acids is 1. The Kier molecular flexibility index (Phi) is 3.41. The average Bonchev–Trinajstić information content (AvgIpc) is 2.69. The smallest absolute Gasteiger partial charge is 0.337 e. The van der Waals surface area contributed by atoms with Crippen molar-refractivity contribution >= 4 is 37.2 Å². The molecule has 2 rings (SSSR count). The number of fused-ring (bicyclic) bond motifs is 1. The van der Waals surface area contributed by atoms with Crippen LogP contribution in [0.3, 0.4) is 0 Å². The summed E-state index contributed by atoms with van der Waals surface area (Å²) in [6.45, 7) is 1.60. The first-order valence-electron chi connectivity index (χ1n) is 5.38. The van der Waals surface area contributed by atoms with E-state index in [-0.39, 0.29) is 17.1 Å². The number of carboxylic acids is 1. The Balaban J connectivity index is 2.51. The summed E-state index contributed by atoms with van der Waals surface area (Å²) >= 11 is 1.23. The summed E-state index contributed by atoms with van der Waals surface area (Å²) in [6, 6.07) is 6.73. The number of carboxylic acid groups (broad SMARTS) is 1. The Bertz CT molecular complexity index is 698. The number of hydrogen-bond donors (Lipinski definition) is 1. The van der Waals surface area contributed by atoms with Crippen LogP contribution in [-0.4, -0.2) is 25.2 Å². The molecule has 1 aromatic carbocycles. The fraction of sp³-hybridized carbons (Fsp3) is 0.250. The number of hydrogen-bond acceptors (Lipinski definition) is 4. The van der Waals surface area contributed by atoms with Crippen molar-refractivity contribution in [1.82, 2.24) is 0 Å². The topological polar surface area (TPSA) is 71.4 Å². The van der Waals surface area contributed by atoms with Crippen LogP contribution in [0.25, 0.3) is 10.1 Å². The lowest BCUT2D eigenvalue weighted by Crippen LogP contribution is -2.04. The van der Waals surface area contributed by atoms with Gasteiger partial charge in [0.1, 0.15) is 0 Å². The standard InChI is InChI=1S/C12H12O4S2/c1-2-18(15,16)7-9-6-8-4-3-5-10(12(13)14)11(8)17-9/h3-6H,2,7H2,1H3,(H,13,14). The molecule has 0 aliphatic heterocycles. The summed E-state index contributed by atoms with van der Waals surface area (Å²) in [5.74, 6) is -0.929. The molecule has 0 unspecified atom stereocenters. The maximum atomic E-state index is 11.6. The second-order valence-corrected chi connectivity index (χ2v) is 7.41. The van der Waals surface area contributed by atoms with Crippen molar-refractivity contribution in [1.29, 1.82) is 0 Å². The first-order chi connectivity index (χ1) is 8.43. The van der Waals surface area contributed by atoms with Crippen molar-refractivity contribution < 1.29 is 18.3 Å². The highest BCUT2D eigenvalue weighted by atomic mass is 32.2. The quantitative estimate of drug-likeness (QED) is 0.936. The SMILES string of the molecule is CCS(=O)(=O)Cc1cc2cccc(C(=O)O)c2s1. The monoisotopic (exact) mass is 284 g/mol. The highest BCUT2D eigenvalue weighted by molar-refractivity contribution is 7.90. The van der Waals surface area contributed by atoms with Gasteiger partial charge in [0.15, 0.2) is 9.84 Å². The van der Waals surface area contributed by atoms with Crippen LogP contribution in [0.5, 0.6) is 0 Å². The Morgan fingerprint density at radius 2 is 2.11 bits per heavy atom. The maximum absolute atomic E-state index is 11.6. The molecule has 0 saturated heterocycles. The lowest BCUT2D eigenvalue weighted by atomic mass is 10.1. The van der Waals surface area contributed by atoms with Gasteiger partial charge in [0, 0.05) is 15.3 Å². The third-order valence-corrected chi connectivity index (χ3v) is 5.62. The Labute approximate surface area is 109 Å². The third-order valence-electron chi connectivity index (χ3n) is 2.63. The van der Waals surface area contributed by atoms with Gasteiger partial charge in [0.2, 0.25) is 0 Å². The molecule has 0 radical (unpaired) electrons. The summed E-state index contributed by atoms with van der Waals surface area (Å²) in [4.78, 5) is 11.7. The number of sulfone groups is 1. The van der Waals surface area contributed by atoms with E-state index in [1.807, 2.05) is 0 Å².